The first kappa shape index (κ1) is 17.0. The highest BCUT2D eigenvalue weighted by atomic mass is 79.9. The van der Waals surface area contributed by atoms with Crippen LogP contribution in [0.5, 0.6) is 0 Å². The summed E-state index contributed by atoms with van der Waals surface area (Å²) in [5.74, 6) is 0. The Morgan fingerprint density at radius 1 is 0.852 bits per heavy atom. The van der Waals surface area contributed by atoms with E-state index in [2.05, 4.69) is 94.8 Å². The molecule has 0 aromatic heterocycles. The van der Waals surface area contributed by atoms with Gasteiger partial charge in [-0.15, -0.1) is 0 Å². The summed E-state index contributed by atoms with van der Waals surface area (Å²) in [6.45, 7) is 0. The Balaban J connectivity index is 1.96. The van der Waals surface area contributed by atoms with Gasteiger partial charge in [0.25, 0.3) is 0 Å². The van der Waals surface area contributed by atoms with Crippen LogP contribution in [-0.2, 0) is 5.41 Å². The minimum atomic E-state index is -0.300. The maximum atomic E-state index is 6.51. The van der Waals surface area contributed by atoms with Crippen molar-refractivity contribution in [2.24, 2.45) is 0 Å². The summed E-state index contributed by atoms with van der Waals surface area (Å²) in [5.41, 5.74) is 7.62. The SMILES string of the molecule is Clc1ccc2c(c1)C(C1=CC=CCC1)(c1ccccc1)c1cc(Br)ccc1-2. The fourth-order valence-corrected chi connectivity index (χ4v) is 5.25. The summed E-state index contributed by atoms with van der Waals surface area (Å²) in [6, 6.07) is 23.8. The second kappa shape index (κ2) is 6.51. The maximum absolute atomic E-state index is 6.51. The lowest BCUT2D eigenvalue weighted by atomic mass is 9.65. The van der Waals surface area contributed by atoms with Crippen LogP contribution in [0.1, 0.15) is 29.5 Å². The van der Waals surface area contributed by atoms with Crippen molar-refractivity contribution >= 4 is 27.5 Å². The summed E-state index contributed by atoms with van der Waals surface area (Å²) in [7, 11) is 0. The van der Waals surface area contributed by atoms with Gasteiger partial charge in [-0.05, 0) is 64.9 Å². The quantitative estimate of drug-likeness (QED) is 0.388. The van der Waals surface area contributed by atoms with E-state index in [1.807, 2.05) is 6.07 Å². The van der Waals surface area contributed by atoms with E-state index in [4.69, 9.17) is 11.6 Å². The summed E-state index contributed by atoms with van der Waals surface area (Å²) in [5, 5.41) is 0.785. The molecule has 0 fully saturated rings. The topological polar surface area (TPSA) is 0 Å². The van der Waals surface area contributed by atoms with Crippen LogP contribution < -0.4 is 0 Å². The number of hydrogen-bond donors (Lipinski definition) is 0. The Bertz CT molecular complexity index is 1040. The van der Waals surface area contributed by atoms with E-state index in [1.165, 1.54) is 33.4 Å². The molecule has 1 atom stereocenters. The van der Waals surface area contributed by atoms with Crippen molar-refractivity contribution in [2.45, 2.75) is 18.3 Å². The van der Waals surface area contributed by atoms with E-state index in [0.717, 1.165) is 22.3 Å². The summed E-state index contributed by atoms with van der Waals surface area (Å²) < 4.78 is 1.10. The third-order valence-corrected chi connectivity index (χ3v) is 6.49. The zero-order chi connectivity index (χ0) is 18.4. The lowest BCUT2D eigenvalue weighted by Crippen LogP contribution is -2.30. The average molecular weight is 434 g/mol. The Morgan fingerprint density at radius 2 is 1.59 bits per heavy atom. The fraction of sp³-hybridized carbons (Fsp3) is 0.120. The van der Waals surface area contributed by atoms with Gasteiger partial charge in [-0.2, -0.15) is 0 Å². The number of rotatable bonds is 2. The second-order valence-electron chi connectivity index (χ2n) is 7.15. The zero-order valence-electron chi connectivity index (χ0n) is 14.8. The van der Waals surface area contributed by atoms with Gasteiger partial charge < -0.3 is 0 Å². The third kappa shape index (κ3) is 2.49. The van der Waals surface area contributed by atoms with Crippen LogP contribution in [0.15, 0.2) is 95.0 Å². The van der Waals surface area contributed by atoms with Crippen molar-refractivity contribution < 1.29 is 0 Å². The molecule has 0 radical (unpaired) electrons. The van der Waals surface area contributed by atoms with Crippen LogP contribution in [0.25, 0.3) is 11.1 Å². The van der Waals surface area contributed by atoms with Gasteiger partial charge in [-0.3, -0.25) is 0 Å². The largest absolute Gasteiger partial charge is 0.0843 e. The van der Waals surface area contributed by atoms with Crippen molar-refractivity contribution in [3.8, 4) is 11.1 Å². The van der Waals surface area contributed by atoms with E-state index >= 15 is 0 Å². The van der Waals surface area contributed by atoms with E-state index in [9.17, 15) is 0 Å². The molecule has 3 aromatic carbocycles. The molecule has 2 heteroatoms. The molecule has 0 saturated heterocycles. The lowest BCUT2D eigenvalue weighted by Gasteiger charge is -2.36. The Kier molecular flexibility index (Phi) is 4.11. The van der Waals surface area contributed by atoms with Crippen LogP contribution in [0, 0.1) is 0 Å². The normalized spacial score (nSPS) is 20.1. The number of benzene rings is 3. The molecule has 0 spiro atoms. The third-order valence-electron chi connectivity index (χ3n) is 5.76. The monoisotopic (exact) mass is 432 g/mol. The van der Waals surface area contributed by atoms with E-state index in [0.29, 0.717) is 0 Å². The molecule has 0 saturated carbocycles. The van der Waals surface area contributed by atoms with Crippen LogP contribution in [0.4, 0.5) is 0 Å². The van der Waals surface area contributed by atoms with Gasteiger partial charge in [-0.1, -0.05) is 93.8 Å². The number of allylic oxidation sites excluding steroid dienone is 4. The van der Waals surface area contributed by atoms with Gasteiger partial charge in [-0.25, -0.2) is 0 Å². The van der Waals surface area contributed by atoms with Crippen molar-refractivity contribution in [1.82, 2.24) is 0 Å². The van der Waals surface area contributed by atoms with Gasteiger partial charge in [0, 0.05) is 9.50 Å². The highest BCUT2D eigenvalue weighted by molar-refractivity contribution is 9.10. The average Bonchev–Trinajstić information content (AvgIpc) is 2.99. The van der Waals surface area contributed by atoms with Gasteiger partial charge in [0.15, 0.2) is 0 Å². The summed E-state index contributed by atoms with van der Waals surface area (Å²) in [4.78, 5) is 0. The molecule has 2 aliphatic carbocycles. The first-order valence-corrected chi connectivity index (χ1v) is 10.4. The summed E-state index contributed by atoms with van der Waals surface area (Å²) >= 11 is 10.2. The first-order chi connectivity index (χ1) is 13.2. The molecule has 0 aliphatic heterocycles. The molecule has 27 heavy (non-hydrogen) atoms. The minimum Gasteiger partial charge on any atom is -0.0843 e. The highest BCUT2D eigenvalue weighted by Gasteiger charge is 2.47. The van der Waals surface area contributed by atoms with Crippen LogP contribution in [0.3, 0.4) is 0 Å². The number of hydrogen-bond acceptors (Lipinski definition) is 0. The van der Waals surface area contributed by atoms with Crippen molar-refractivity contribution in [3.05, 3.63) is 117 Å². The van der Waals surface area contributed by atoms with Crippen molar-refractivity contribution in [1.29, 1.82) is 0 Å². The smallest absolute Gasteiger partial charge is 0.0677 e. The molecule has 132 valence electrons. The standard InChI is InChI=1S/C25H18BrCl/c26-19-11-13-21-22-14-12-20(27)16-24(22)25(23(21)15-19,17-7-3-1-4-8-17)18-9-5-2-6-10-18/h1-5,7-9,11-16H,6,10H2. The molecule has 0 heterocycles. The molecule has 1 unspecified atom stereocenters. The Hall–Kier alpha value is -2.09. The van der Waals surface area contributed by atoms with E-state index in [1.54, 1.807) is 0 Å². The van der Waals surface area contributed by atoms with E-state index < -0.39 is 0 Å². The molecule has 0 N–H and O–H groups in total. The molecule has 2 aliphatic rings. The molecule has 5 rings (SSSR count). The Morgan fingerprint density at radius 3 is 2.33 bits per heavy atom. The predicted octanol–water partition coefficient (Wildman–Crippen LogP) is 7.69. The van der Waals surface area contributed by atoms with Crippen LogP contribution >= 0.6 is 27.5 Å². The number of halogens is 2. The molecule has 0 nitrogen and oxygen atoms in total. The lowest BCUT2D eigenvalue weighted by molar-refractivity contribution is 0.692. The number of fused-ring (bicyclic) bond motifs is 3. The fourth-order valence-electron chi connectivity index (χ4n) is 4.71. The van der Waals surface area contributed by atoms with Crippen LogP contribution in [-0.4, -0.2) is 0 Å². The molecular weight excluding hydrogens is 416 g/mol. The van der Waals surface area contributed by atoms with Crippen molar-refractivity contribution in [3.63, 3.8) is 0 Å². The zero-order valence-corrected chi connectivity index (χ0v) is 17.1. The van der Waals surface area contributed by atoms with Gasteiger partial charge in [0.2, 0.25) is 0 Å². The molecular formula is C25H18BrCl. The van der Waals surface area contributed by atoms with Gasteiger partial charge in [0.05, 0.1) is 5.41 Å². The molecule has 0 bridgehead atoms. The van der Waals surface area contributed by atoms with Gasteiger partial charge in [0.1, 0.15) is 0 Å². The van der Waals surface area contributed by atoms with Crippen molar-refractivity contribution in [2.75, 3.05) is 0 Å². The first-order valence-electron chi connectivity index (χ1n) is 9.23. The summed E-state index contributed by atoms with van der Waals surface area (Å²) in [6.07, 6.45) is 8.86. The maximum Gasteiger partial charge on any atom is 0.0677 e. The van der Waals surface area contributed by atoms with Crippen LogP contribution in [0.2, 0.25) is 5.02 Å². The molecule has 3 aromatic rings. The highest BCUT2D eigenvalue weighted by Crippen LogP contribution is 2.58. The predicted molar refractivity (Wildman–Crippen MR) is 117 cm³/mol. The Labute approximate surface area is 173 Å². The van der Waals surface area contributed by atoms with Gasteiger partial charge >= 0.3 is 0 Å². The minimum absolute atomic E-state index is 0.300. The second-order valence-corrected chi connectivity index (χ2v) is 8.51. The molecule has 0 amide bonds. The van der Waals surface area contributed by atoms with E-state index in [-0.39, 0.29) is 5.41 Å².